The van der Waals surface area contributed by atoms with Gasteiger partial charge >= 0.3 is 0 Å². The molecule has 0 amide bonds. The van der Waals surface area contributed by atoms with E-state index in [1.807, 2.05) is 77.9 Å². The molecule has 0 aliphatic heterocycles. The normalized spacial score (nSPS) is 11.6. The van der Waals surface area contributed by atoms with Crippen LogP contribution in [0.25, 0.3) is 0 Å². The van der Waals surface area contributed by atoms with Crippen LogP contribution in [0.5, 0.6) is 17.2 Å². The summed E-state index contributed by atoms with van der Waals surface area (Å²) in [4.78, 5) is 4.50. The van der Waals surface area contributed by atoms with Crippen molar-refractivity contribution in [3.8, 4) is 17.2 Å². The van der Waals surface area contributed by atoms with E-state index in [0.717, 1.165) is 50.1 Å². The average Bonchev–Trinajstić information content (AvgIpc) is 2.84. The Balaban J connectivity index is 1.88. The first-order valence-corrected chi connectivity index (χ1v) is 13.4. The molecule has 0 spiro atoms. The molecule has 206 valence electrons. The Kier molecular flexibility index (Phi) is 10.2. The van der Waals surface area contributed by atoms with Crippen LogP contribution in [0.4, 0.5) is 0 Å². The SMILES string of the molecule is Cc1cc(C)c(O)c(CN(CCCO)CCN(Cc2cc(C)cc(C)c2O)Cc2cc(C)cc(C)c2O)c1. The van der Waals surface area contributed by atoms with E-state index in [4.69, 9.17) is 0 Å². The molecular formula is C32H44N2O4. The second kappa shape index (κ2) is 13.1. The Bertz CT molecular complexity index is 1200. The Morgan fingerprint density at radius 3 is 1.21 bits per heavy atom. The number of aryl methyl sites for hydroxylation is 6. The fourth-order valence-electron chi connectivity index (χ4n) is 5.29. The molecular weight excluding hydrogens is 476 g/mol. The van der Waals surface area contributed by atoms with Crippen molar-refractivity contribution in [1.29, 1.82) is 0 Å². The molecule has 0 heterocycles. The third-order valence-electron chi connectivity index (χ3n) is 7.12. The summed E-state index contributed by atoms with van der Waals surface area (Å²) in [5.74, 6) is 0.937. The van der Waals surface area contributed by atoms with Crippen LogP contribution in [0.15, 0.2) is 36.4 Å². The first-order chi connectivity index (χ1) is 18.0. The van der Waals surface area contributed by atoms with Crippen molar-refractivity contribution in [2.45, 2.75) is 67.6 Å². The molecule has 0 aliphatic rings. The van der Waals surface area contributed by atoms with Gasteiger partial charge in [-0.05, 0) is 64.7 Å². The van der Waals surface area contributed by atoms with Crippen LogP contribution >= 0.6 is 0 Å². The lowest BCUT2D eigenvalue weighted by Gasteiger charge is -2.29. The highest BCUT2D eigenvalue weighted by Gasteiger charge is 2.18. The summed E-state index contributed by atoms with van der Waals surface area (Å²) in [5, 5.41) is 41.8. The van der Waals surface area contributed by atoms with Gasteiger partial charge in [0.05, 0.1) is 0 Å². The van der Waals surface area contributed by atoms with E-state index in [-0.39, 0.29) is 6.61 Å². The molecule has 4 N–H and O–H groups in total. The van der Waals surface area contributed by atoms with Gasteiger partial charge in [-0.25, -0.2) is 0 Å². The molecule has 0 unspecified atom stereocenters. The maximum atomic E-state index is 10.8. The smallest absolute Gasteiger partial charge is 0.122 e. The summed E-state index contributed by atoms with van der Waals surface area (Å²) in [5.41, 5.74) is 8.46. The van der Waals surface area contributed by atoms with E-state index in [1.165, 1.54) is 0 Å². The lowest BCUT2D eigenvalue weighted by atomic mass is 10.0. The number of aliphatic hydroxyl groups excluding tert-OH is 1. The van der Waals surface area contributed by atoms with E-state index >= 15 is 0 Å². The Morgan fingerprint density at radius 2 is 0.842 bits per heavy atom. The first kappa shape index (κ1) is 29.5. The zero-order valence-electron chi connectivity index (χ0n) is 23.8. The van der Waals surface area contributed by atoms with Crippen molar-refractivity contribution in [2.24, 2.45) is 0 Å². The van der Waals surface area contributed by atoms with E-state index in [0.29, 0.717) is 62.9 Å². The van der Waals surface area contributed by atoms with Gasteiger partial charge in [0.15, 0.2) is 0 Å². The Hall–Kier alpha value is -3.06. The third kappa shape index (κ3) is 7.73. The van der Waals surface area contributed by atoms with E-state index in [2.05, 4.69) is 9.80 Å². The standard InChI is InChI=1S/C32H44N2O4/c1-21-12-24(4)30(36)27(15-21)18-33(8-7-11-35)9-10-34(19-28-16-22(2)13-25(5)31(28)37)20-29-17-23(3)14-26(6)32(29)38/h12-17,35-38H,7-11,18-20H2,1-6H3. The molecule has 0 aliphatic carbocycles. The second-order valence-electron chi connectivity index (χ2n) is 10.8. The van der Waals surface area contributed by atoms with E-state index in [9.17, 15) is 20.4 Å². The minimum absolute atomic E-state index is 0.103. The molecule has 0 fully saturated rings. The minimum Gasteiger partial charge on any atom is -0.507 e. The van der Waals surface area contributed by atoms with Gasteiger partial charge < -0.3 is 20.4 Å². The lowest BCUT2D eigenvalue weighted by Crippen LogP contribution is -2.35. The molecule has 0 saturated carbocycles. The summed E-state index contributed by atoms with van der Waals surface area (Å²) < 4.78 is 0. The quantitative estimate of drug-likeness (QED) is 0.251. The summed E-state index contributed by atoms with van der Waals surface area (Å²) in [6, 6.07) is 12.0. The predicted octanol–water partition coefficient (Wildman–Crippen LogP) is 5.54. The van der Waals surface area contributed by atoms with Gasteiger partial charge in [-0.3, -0.25) is 9.80 Å². The van der Waals surface area contributed by atoms with Gasteiger partial charge in [0.2, 0.25) is 0 Å². The fourth-order valence-corrected chi connectivity index (χ4v) is 5.29. The summed E-state index contributed by atoms with van der Waals surface area (Å²) in [7, 11) is 0. The predicted molar refractivity (Wildman–Crippen MR) is 154 cm³/mol. The molecule has 3 aromatic rings. The number of aliphatic hydroxyl groups is 1. The lowest BCUT2D eigenvalue weighted by molar-refractivity contribution is 0.171. The summed E-state index contributed by atoms with van der Waals surface area (Å²) in [6.45, 7) is 15.6. The number of phenolic OH excluding ortho intramolecular Hbond substituents is 3. The van der Waals surface area contributed by atoms with Crippen LogP contribution < -0.4 is 0 Å². The first-order valence-electron chi connectivity index (χ1n) is 13.4. The molecule has 0 radical (unpaired) electrons. The van der Waals surface area contributed by atoms with E-state index < -0.39 is 0 Å². The van der Waals surface area contributed by atoms with Crippen molar-refractivity contribution in [3.63, 3.8) is 0 Å². The van der Waals surface area contributed by atoms with Gasteiger partial charge in [-0.2, -0.15) is 0 Å². The fraction of sp³-hybridized carbons (Fsp3) is 0.438. The van der Waals surface area contributed by atoms with Crippen LogP contribution in [0.3, 0.4) is 0 Å². The number of benzene rings is 3. The molecule has 0 bridgehead atoms. The van der Waals surface area contributed by atoms with Gasteiger partial charge in [0.25, 0.3) is 0 Å². The third-order valence-corrected chi connectivity index (χ3v) is 7.12. The highest BCUT2D eigenvalue weighted by molar-refractivity contribution is 5.45. The van der Waals surface area contributed by atoms with Crippen molar-refractivity contribution < 1.29 is 20.4 Å². The molecule has 0 aromatic heterocycles. The monoisotopic (exact) mass is 520 g/mol. The molecule has 0 saturated heterocycles. The van der Waals surface area contributed by atoms with Crippen molar-refractivity contribution in [1.82, 2.24) is 9.80 Å². The van der Waals surface area contributed by atoms with Gasteiger partial charge in [-0.15, -0.1) is 0 Å². The van der Waals surface area contributed by atoms with Gasteiger partial charge in [0, 0.05) is 62.6 Å². The number of rotatable bonds is 12. The summed E-state index contributed by atoms with van der Waals surface area (Å²) >= 11 is 0. The van der Waals surface area contributed by atoms with Crippen LogP contribution in [-0.2, 0) is 19.6 Å². The molecule has 3 rings (SSSR count). The molecule has 38 heavy (non-hydrogen) atoms. The molecule has 6 nitrogen and oxygen atoms in total. The highest BCUT2D eigenvalue weighted by atomic mass is 16.3. The van der Waals surface area contributed by atoms with Gasteiger partial charge in [-0.1, -0.05) is 53.1 Å². The number of phenols is 3. The zero-order valence-corrected chi connectivity index (χ0v) is 23.8. The Labute approximate surface area is 227 Å². The average molecular weight is 521 g/mol. The van der Waals surface area contributed by atoms with Gasteiger partial charge in [0.1, 0.15) is 17.2 Å². The van der Waals surface area contributed by atoms with Crippen LogP contribution in [-0.4, -0.2) is 56.5 Å². The van der Waals surface area contributed by atoms with Crippen LogP contribution in [0, 0.1) is 41.5 Å². The molecule has 0 atom stereocenters. The number of hydrogen-bond acceptors (Lipinski definition) is 6. The van der Waals surface area contributed by atoms with Crippen molar-refractivity contribution in [3.05, 3.63) is 86.5 Å². The second-order valence-corrected chi connectivity index (χ2v) is 10.8. The number of hydrogen-bond donors (Lipinski definition) is 4. The topological polar surface area (TPSA) is 87.4 Å². The maximum absolute atomic E-state index is 10.8. The van der Waals surface area contributed by atoms with Crippen LogP contribution in [0.1, 0.15) is 56.5 Å². The largest absolute Gasteiger partial charge is 0.507 e. The summed E-state index contributed by atoms with van der Waals surface area (Å²) in [6.07, 6.45) is 0.640. The minimum atomic E-state index is 0.103. The van der Waals surface area contributed by atoms with Crippen molar-refractivity contribution in [2.75, 3.05) is 26.2 Å². The zero-order chi connectivity index (χ0) is 28.0. The van der Waals surface area contributed by atoms with E-state index in [1.54, 1.807) is 0 Å². The maximum Gasteiger partial charge on any atom is 0.122 e. The molecule has 6 heteroatoms. The molecule has 3 aromatic carbocycles. The van der Waals surface area contributed by atoms with Crippen molar-refractivity contribution >= 4 is 0 Å². The highest BCUT2D eigenvalue weighted by Crippen LogP contribution is 2.29. The Morgan fingerprint density at radius 1 is 0.500 bits per heavy atom. The number of aromatic hydroxyl groups is 3. The number of nitrogens with zero attached hydrogens (tertiary/aromatic N) is 2. The van der Waals surface area contributed by atoms with Crippen LogP contribution in [0.2, 0.25) is 0 Å².